The van der Waals surface area contributed by atoms with Crippen molar-refractivity contribution < 1.29 is 14.3 Å². The van der Waals surface area contributed by atoms with Gasteiger partial charge in [-0.05, 0) is 30.5 Å². The Morgan fingerprint density at radius 1 is 1.33 bits per heavy atom. The Balaban J connectivity index is 1.34. The van der Waals surface area contributed by atoms with Gasteiger partial charge in [0.25, 0.3) is 5.91 Å². The topological polar surface area (TPSA) is 85.3 Å². The van der Waals surface area contributed by atoms with Crippen LogP contribution in [0.4, 0.5) is 5.13 Å². The van der Waals surface area contributed by atoms with Crippen molar-refractivity contribution in [3.05, 3.63) is 59.2 Å². The van der Waals surface area contributed by atoms with Crippen molar-refractivity contribution in [2.75, 3.05) is 25.1 Å². The fourth-order valence-electron chi connectivity index (χ4n) is 3.48. The molecule has 0 spiro atoms. The van der Waals surface area contributed by atoms with E-state index < -0.39 is 0 Å². The predicted octanol–water partition coefficient (Wildman–Crippen LogP) is 3.41. The minimum Gasteiger partial charge on any atom is -0.381 e. The van der Waals surface area contributed by atoms with Gasteiger partial charge in [-0.2, -0.15) is 0 Å². The van der Waals surface area contributed by atoms with Gasteiger partial charge < -0.3 is 19.9 Å². The summed E-state index contributed by atoms with van der Waals surface area (Å²) in [7, 11) is 1.84. The number of carbonyl (C=O) groups is 2. The zero-order valence-electron chi connectivity index (χ0n) is 16.8. The molecule has 2 N–H and O–H groups in total. The Kier molecular flexibility index (Phi) is 6.25. The van der Waals surface area contributed by atoms with Crippen molar-refractivity contribution in [1.82, 2.24) is 14.9 Å². The van der Waals surface area contributed by atoms with Crippen LogP contribution in [0.3, 0.4) is 0 Å². The first-order valence-corrected chi connectivity index (χ1v) is 10.8. The van der Waals surface area contributed by atoms with Gasteiger partial charge in [0.05, 0.1) is 24.4 Å². The van der Waals surface area contributed by atoms with Crippen LogP contribution in [0, 0.1) is 0 Å². The van der Waals surface area contributed by atoms with E-state index in [4.69, 9.17) is 4.74 Å². The van der Waals surface area contributed by atoms with Crippen LogP contribution in [0.25, 0.3) is 11.3 Å². The lowest BCUT2D eigenvalue weighted by Crippen LogP contribution is -2.32. The quantitative estimate of drug-likeness (QED) is 0.635. The number of nitrogens with zero attached hydrogens (tertiary/aromatic N) is 2. The van der Waals surface area contributed by atoms with E-state index in [0.29, 0.717) is 16.6 Å². The molecule has 1 atom stereocenters. The average molecular weight is 425 g/mol. The van der Waals surface area contributed by atoms with Crippen LogP contribution in [0.5, 0.6) is 0 Å². The molecular formula is C22H24N4O3S. The molecule has 0 bridgehead atoms. The summed E-state index contributed by atoms with van der Waals surface area (Å²) in [5, 5.41) is 7.80. The summed E-state index contributed by atoms with van der Waals surface area (Å²) < 4.78 is 7.39. The number of thiazole rings is 1. The first kappa shape index (κ1) is 20.3. The molecule has 1 aromatic carbocycles. The van der Waals surface area contributed by atoms with Crippen LogP contribution >= 0.6 is 11.3 Å². The van der Waals surface area contributed by atoms with Gasteiger partial charge >= 0.3 is 0 Å². The van der Waals surface area contributed by atoms with Crippen LogP contribution < -0.4 is 10.6 Å². The van der Waals surface area contributed by atoms with Gasteiger partial charge in [-0.3, -0.25) is 9.59 Å². The second kappa shape index (κ2) is 9.23. The Hall–Kier alpha value is -2.97. The number of hydrogen-bond acceptors (Lipinski definition) is 5. The second-order valence-electron chi connectivity index (χ2n) is 7.37. The maximum Gasteiger partial charge on any atom is 0.253 e. The number of rotatable bonds is 6. The maximum absolute atomic E-state index is 12.2. The third-order valence-corrected chi connectivity index (χ3v) is 5.83. The molecule has 1 aliphatic rings. The molecule has 156 valence electrons. The van der Waals surface area contributed by atoms with Gasteiger partial charge in [0, 0.05) is 42.9 Å². The highest BCUT2D eigenvalue weighted by Crippen LogP contribution is 2.30. The molecule has 0 radical (unpaired) electrons. The molecule has 30 heavy (non-hydrogen) atoms. The molecule has 2 aromatic heterocycles. The molecular weight excluding hydrogens is 400 g/mol. The van der Waals surface area contributed by atoms with E-state index >= 15 is 0 Å². The SMILES string of the molecule is Cn1ccc(C(=O)NCC(=O)Nc2nc(-c3cccc([C@@H]4CCCOC4)c3)cs2)c1. The van der Waals surface area contributed by atoms with Crippen LogP contribution in [0.1, 0.15) is 34.7 Å². The maximum atomic E-state index is 12.2. The number of hydrogen-bond donors (Lipinski definition) is 2. The zero-order valence-corrected chi connectivity index (χ0v) is 17.6. The highest BCUT2D eigenvalue weighted by molar-refractivity contribution is 7.14. The molecule has 3 aromatic rings. The van der Waals surface area contributed by atoms with Crippen LogP contribution in [-0.2, 0) is 16.6 Å². The van der Waals surface area contributed by atoms with E-state index in [-0.39, 0.29) is 18.4 Å². The summed E-state index contributed by atoms with van der Waals surface area (Å²) in [6.07, 6.45) is 5.70. The normalized spacial score (nSPS) is 16.2. The molecule has 0 aliphatic carbocycles. The summed E-state index contributed by atoms with van der Waals surface area (Å²) in [6, 6.07) is 10.0. The van der Waals surface area contributed by atoms with E-state index in [1.165, 1.54) is 16.9 Å². The van der Waals surface area contributed by atoms with E-state index in [2.05, 4.69) is 27.8 Å². The average Bonchev–Trinajstić information content (AvgIpc) is 3.42. The minimum atomic E-state index is -0.312. The van der Waals surface area contributed by atoms with E-state index in [0.717, 1.165) is 37.3 Å². The Morgan fingerprint density at radius 2 is 2.23 bits per heavy atom. The lowest BCUT2D eigenvalue weighted by Gasteiger charge is -2.22. The molecule has 1 aliphatic heterocycles. The molecule has 2 amide bonds. The van der Waals surface area contributed by atoms with Crippen molar-refractivity contribution in [1.29, 1.82) is 0 Å². The Labute approximate surface area is 179 Å². The molecule has 0 unspecified atom stereocenters. The van der Waals surface area contributed by atoms with Crippen molar-refractivity contribution in [3.8, 4) is 11.3 Å². The second-order valence-corrected chi connectivity index (χ2v) is 8.23. The molecule has 3 heterocycles. The number of aryl methyl sites for hydroxylation is 1. The number of nitrogens with one attached hydrogen (secondary N) is 2. The number of benzene rings is 1. The number of carbonyl (C=O) groups excluding carboxylic acids is 2. The van der Waals surface area contributed by atoms with Gasteiger partial charge in [-0.15, -0.1) is 11.3 Å². The Morgan fingerprint density at radius 3 is 3.00 bits per heavy atom. The largest absolute Gasteiger partial charge is 0.381 e. The van der Waals surface area contributed by atoms with Gasteiger partial charge in [0.15, 0.2) is 5.13 Å². The molecule has 1 fully saturated rings. The fraction of sp³-hybridized carbons (Fsp3) is 0.318. The first-order valence-electron chi connectivity index (χ1n) is 9.92. The predicted molar refractivity (Wildman–Crippen MR) is 117 cm³/mol. The van der Waals surface area contributed by atoms with Crippen LogP contribution in [0.15, 0.2) is 48.1 Å². The standard InChI is InChI=1S/C22H24N4O3S/c1-26-8-7-17(12-26)21(28)23-11-20(27)25-22-24-19(14-30-22)16-5-2-4-15(10-16)18-6-3-9-29-13-18/h2,4-5,7-8,10,12,14,18H,3,6,9,11,13H2,1H3,(H,23,28)(H,24,25,27)/t18-/m1/s1. The van der Waals surface area contributed by atoms with E-state index in [9.17, 15) is 9.59 Å². The highest BCUT2D eigenvalue weighted by Gasteiger charge is 2.17. The summed E-state index contributed by atoms with van der Waals surface area (Å²) in [4.78, 5) is 28.8. The highest BCUT2D eigenvalue weighted by atomic mass is 32.1. The summed E-state index contributed by atoms with van der Waals surface area (Å²) in [5.41, 5.74) is 3.62. The van der Waals surface area contributed by atoms with Crippen LogP contribution in [0.2, 0.25) is 0 Å². The lowest BCUT2D eigenvalue weighted by atomic mass is 9.92. The summed E-state index contributed by atoms with van der Waals surface area (Å²) >= 11 is 1.36. The summed E-state index contributed by atoms with van der Waals surface area (Å²) in [6.45, 7) is 1.49. The fourth-order valence-corrected chi connectivity index (χ4v) is 4.22. The van der Waals surface area contributed by atoms with Crippen molar-refractivity contribution in [2.45, 2.75) is 18.8 Å². The minimum absolute atomic E-state index is 0.111. The molecule has 4 rings (SSSR count). The van der Waals surface area contributed by atoms with Crippen molar-refractivity contribution in [2.24, 2.45) is 7.05 Å². The molecule has 1 saturated heterocycles. The number of anilines is 1. The lowest BCUT2D eigenvalue weighted by molar-refractivity contribution is -0.115. The third kappa shape index (κ3) is 4.95. The molecule has 7 nitrogen and oxygen atoms in total. The van der Waals surface area contributed by atoms with E-state index in [1.807, 2.05) is 24.6 Å². The smallest absolute Gasteiger partial charge is 0.253 e. The molecule has 0 saturated carbocycles. The number of aromatic nitrogens is 2. The Bertz CT molecular complexity index is 1040. The van der Waals surface area contributed by atoms with Crippen LogP contribution in [-0.4, -0.2) is 41.1 Å². The zero-order chi connectivity index (χ0) is 20.9. The third-order valence-electron chi connectivity index (χ3n) is 5.07. The van der Waals surface area contributed by atoms with Gasteiger partial charge in [0.2, 0.25) is 5.91 Å². The van der Waals surface area contributed by atoms with Gasteiger partial charge in [0.1, 0.15) is 0 Å². The number of amides is 2. The molecule has 8 heteroatoms. The van der Waals surface area contributed by atoms with Crippen molar-refractivity contribution >= 4 is 28.3 Å². The van der Waals surface area contributed by atoms with Gasteiger partial charge in [-0.25, -0.2) is 4.98 Å². The summed E-state index contributed by atoms with van der Waals surface area (Å²) in [5.74, 6) is -0.174. The first-order chi connectivity index (χ1) is 14.6. The monoisotopic (exact) mass is 424 g/mol. The van der Waals surface area contributed by atoms with E-state index in [1.54, 1.807) is 23.0 Å². The van der Waals surface area contributed by atoms with Gasteiger partial charge in [-0.1, -0.05) is 18.2 Å². The van der Waals surface area contributed by atoms with Crippen molar-refractivity contribution in [3.63, 3.8) is 0 Å². The number of ether oxygens (including phenoxy) is 1.